The molecule has 0 heterocycles. The third-order valence-electron chi connectivity index (χ3n) is 7.94. The van der Waals surface area contributed by atoms with Crippen LogP contribution in [0.2, 0.25) is 0 Å². The molecule has 2 aliphatic rings. The van der Waals surface area contributed by atoms with Crippen LogP contribution < -0.4 is 4.74 Å². The van der Waals surface area contributed by atoms with Gasteiger partial charge in [0.25, 0.3) is 0 Å². The first-order valence-electron chi connectivity index (χ1n) is 12.9. The summed E-state index contributed by atoms with van der Waals surface area (Å²) in [6.07, 6.45) is -2.59. The van der Waals surface area contributed by atoms with Crippen LogP contribution in [0.4, 0.5) is 39.5 Å². The first kappa shape index (κ1) is 28.2. The minimum atomic E-state index is -4.99. The Morgan fingerprint density at radius 1 is 0.750 bits per heavy atom. The van der Waals surface area contributed by atoms with E-state index in [1.807, 2.05) is 0 Å². The minimum absolute atomic E-state index is 0.136. The van der Waals surface area contributed by atoms with Crippen molar-refractivity contribution in [3.63, 3.8) is 0 Å². The average Bonchev–Trinajstić information content (AvgIpc) is 2.86. The van der Waals surface area contributed by atoms with Crippen molar-refractivity contribution in [1.82, 2.24) is 0 Å². The Kier molecular flexibility index (Phi) is 7.45. The summed E-state index contributed by atoms with van der Waals surface area (Å²) in [6.45, 7) is 0. The van der Waals surface area contributed by atoms with Crippen LogP contribution in [0.5, 0.6) is 5.75 Å². The van der Waals surface area contributed by atoms with E-state index in [0.717, 1.165) is 74.8 Å². The summed E-state index contributed by atoms with van der Waals surface area (Å²) in [7, 11) is 0. The molecule has 0 spiro atoms. The molecule has 2 saturated carbocycles. The van der Waals surface area contributed by atoms with Crippen molar-refractivity contribution in [1.29, 1.82) is 0 Å². The van der Waals surface area contributed by atoms with Gasteiger partial charge in [-0.15, -0.1) is 0 Å². The molecule has 2 aliphatic carbocycles. The van der Waals surface area contributed by atoms with Gasteiger partial charge in [0.1, 0.15) is 34.6 Å². The summed E-state index contributed by atoms with van der Waals surface area (Å²) in [4.78, 5) is 0. The molecule has 2 fully saturated rings. The summed E-state index contributed by atoms with van der Waals surface area (Å²) in [5.41, 5.74) is -2.43. The number of alkyl halides is 5. The summed E-state index contributed by atoms with van der Waals surface area (Å²) in [5, 5.41) is -0.756. The number of ether oxygens (including phenoxy) is 1. The minimum Gasteiger partial charge on any atom is -0.429 e. The fourth-order valence-electron chi connectivity index (χ4n) is 6.10. The van der Waals surface area contributed by atoms with E-state index in [9.17, 15) is 30.7 Å². The molecule has 0 aromatic heterocycles. The van der Waals surface area contributed by atoms with Crippen LogP contribution >= 0.6 is 0 Å². The highest BCUT2D eigenvalue weighted by atomic mass is 19.4. The Bertz CT molecular complexity index is 1480. The standard InChI is InChI=1S/C30H23F9O/c31-24-15-20-12-21(7-8-22(20)28(34)23(24)9-10-29(35,36)37)40-30(38,39)27-25(32)13-19(14-26(27)33)18-6-5-16-3-1-2-4-17(16)11-18/h7-8,12-18H,1-6,11H2. The lowest BCUT2D eigenvalue weighted by atomic mass is 9.66. The van der Waals surface area contributed by atoms with Crippen molar-refractivity contribution in [3.05, 3.63) is 76.4 Å². The molecule has 40 heavy (non-hydrogen) atoms. The third kappa shape index (κ3) is 5.74. The van der Waals surface area contributed by atoms with Gasteiger partial charge in [-0.3, -0.25) is 0 Å². The number of hydrogen-bond acceptors (Lipinski definition) is 1. The van der Waals surface area contributed by atoms with Crippen LogP contribution in [0.15, 0.2) is 36.4 Å². The van der Waals surface area contributed by atoms with E-state index in [1.165, 1.54) is 12.3 Å². The molecule has 212 valence electrons. The first-order valence-corrected chi connectivity index (χ1v) is 12.9. The van der Waals surface area contributed by atoms with Crippen LogP contribution in [0.3, 0.4) is 0 Å². The second kappa shape index (κ2) is 10.6. The normalized spacial score (nSPS) is 21.5. The molecule has 10 heteroatoms. The van der Waals surface area contributed by atoms with Gasteiger partial charge in [-0.25, -0.2) is 17.6 Å². The van der Waals surface area contributed by atoms with E-state index in [1.54, 1.807) is 0 Å². The fourth-order valence-corrected chi connectivity index (χ4v) is 6.10. The van der Waals surface area contributed by atoms with E-state index in [2.05, 4.69) is 4.74 Å². The zero-order valence-electron chi connectivity index (χ0n) is 21.0. The molecule has 0 N–H and O–H groups in total. The third-order valence-corrected chi connectivity index (χ3v) is 7.94. The SMILES string of the molecule is Fc1cc2cc(OC(F)(F)c3c(F)cc(C4CCC5CCCCC5C4)cc3F)ccc2c(F)c1C#CC(F)(F)F. The highest BCUT2D eigenvalue weighted by Gasteiger charge is 2.42. The van der Waals surface area contributed by atoms with Crippen LogP contribution in [0.25, 0.3) is 10.8 Å². The van der Waals surface area contributed by atoms with Gasteiger partial charge in [0.2, 0.25) is 0 Å². The van der Waals surface area contributed by atoms with Crippen LogP contribution in [0.1, 0.15) is 67.6 Å². The molecule has 3 unspecified atom stereocenters. The molecular weight excluding hydrogens is 547 g/mol. The highest BCUT2D eigenvalue weighted by Crippen LogP contribution is 2.47. The first-order chi connectivity index (χ1) is 18.8. The van der Waals surface area contributed by atoms with Gasteiger partial charge in [0.15, 0.2) is 0 Å². The van der Waals surface area contributed by atoms with Crippen LogP contribution in [-0.4, -0.2) is 6.18 Å². The van der Waals surface area contributed by atoms with Crippen molar-refractivity contribution in [2.24, 2.45) is 11.8 Å². The molecule has 1 nitrogen and oxygen atoms in total. The Labute approximate surface area is 224 Å². The number of halogens is 9. The zero-order valence-corrected chi connectivity index (χ0v) is 21.0. The van der Waals surface area contributed by atoms with Gasteiger partial charge in [0.05, 0.1) is 5.56 Å². The van der Waals surface area contributed by atoms with Gasteiger partial charge >= 0.3 is 12.3 Å². The molecular formula is C30H23F9O. The molecule has 5 rings (SSSR count). The quantitative estimate of drug-likeness (QED) is 0.224. The Morgan fingerprint density at radius 2 is 1.43 bits per heavy atom. The monoisotopic (exact) mass is 570 g/mol. The molecule has 0 bridgehead atoms. The van der Waals surface area contributed by atoms with Gasteiger partial charge in [-0.05, 0) is 84.4 Å². The molecule has 0 radical (unpaired) electrons. The van der Waals surface area contributed by atoms with E-state index in [4.69, 9.17) is 0 Å². The number of rotatable bonds is 4. The lowest BCUT2D eigenvalue weighted by Gasteiger charge is -2.39. The topological polar surface area (TPSA) is 9.23 Å². The van der Waals surface area contributed by atoms with Crippen LogP contribution in [-0.2, 0) is 6.11 Å². The number of hydrogen-bond donors (Lipinski definition) is 0. The van der Waals surface area contributed by atoms with E-state index < -0.39 is 57.8 Å². The molecule has 0 amide bonds. The second-order valence-electron chi connectivity index (χ2n) is 10.5. The van der Waals surface area contributed by atoms with E-state index in [-0.39, 0.29) is 11.3 Å². The average molecular weight is 570 g/mol. The maximum Gasteiger partial charge on any atom is 0.458 e. The summed E-state index contributed by atoms with van der Waals surface area (Å²) >= 11 is 0. The summed E-state index contributed by atoms with van der Waals surface area (Å²) in [6, 6.07) is 4.90. The van der Waals surface area contributed by atoms with Gasteiger partial charge in [-0.2, -0.15) is 22.0 Å². The zero-order chi connectivity index (χ0) is 28.8. The Morgan fingerprint density at radius 3 is 2.10 bits per heavy atom. The lowest BCUT2D eigenvalue weighted by molar-refractivity contribution is -0.189. The predicted octanol–water partition coefficient (Wildman–Crippen LogP) is 9.51. The second-order valence-corrected chi connectivity index (χ2v) is 10.5. The van der Waals surface area contributed by atoms with Gasteiger partial charge in [-0.1, -0.05) is 31.6 Å². The summed E-state index contributed by atoms with van der Waals surface area (Å²) < 4.78 is 130. The smallest absolute Gasteiger partial charge is 0.429 e. The lowest BCUT2D eigenvalue weighted by Crippen LogP contribution is -2.28. The molecule has 0 saturated heterocycles. The molecule has 0 aliphatic heterocycles. The van der Waals surface area contributed by atoms with E-state index >= 15 is 8.78 Å². The maximum absolute atomic E-state index is 15.0. The van der Waals surface area contributed by atoms with Gasteiger partial charge < -0.3 is 4.74 Å². The van der Waals surface area contributed by atoms with Crippen molar-refractivity contribution in [3.8, 4) is 17.6 Å². The van der Waals surface area contributed by atoms with E-state index in [0.29, 0.717) is 23.5 Å². The van der Waals surface area contributed by atoms with Crippen molar-refractivity contribution < 1.29 is 44.3 Å². The largest absolute Gasteiger partial charge is 0.458 e. The Balaban J connectivity index is 1.40. The van der Waals surface area contributed by atoms with Crippen molar-refractivity contribution >= 4 is 10.8 Å². The molecule has 3 atom stereocenters. The summed E-state index contributed by atoms with van der Waals surface area (Å²) in [5.74, 6) is -3.45. The number of fused-ring (bicyclic) bond motifs is 2. The number of benzene rings is 3. The molecule has 3 aromatic carbocycles. The Hall–Kier alpha value is -3.35. The fraction of sp³-hybridized carbons (Fsp3) is 0.400. The molecule has 3 aromatic rings. The predicted molar refractivity (Wildman–Crippen MR) is 130 cm³/mol. The van der Waals surface area contributed by atoms with Crippen molar-refractivity contribution in [2.75, 3.05) is 0 Å². The van der Waals surface area contributed by atoms with Crippen molar-refractivity contribution in [2.45, 2.75) is 63.1 Å². The highest BCUT2D eigenvalue weighted by molar-refractivity contribution is 5.86. The maximum atomic E-state index is 15.0. The van der Waals surface area contributed by atoms with Crippen LogP contribution in [0, 0.1) is 46.9 Å². The van der Waals surface area contributed by atoms with Gasteiger partial charge in [0, 0.05) is 11.3 Å².